The summed E-state index contributed by atoms with van der Waals surface area (Å²) >= 11 is 0. The van der Waals surface area contributed by atoms with Crippen molar-refractivity contribution in [3.8, 4) is 17.2 Å². The summed E-state index contributed by atoms with van der Waals surface area (Å²) in [6, 6.07) is 12.7. The topological polar surface area (TPSA) is 97.6 Å². The maximum atomic E-state index is 13.2. The molecule has 0 spiro atoms. The van der Waals surface area contributed by atoms with Crippen LogP contribution in [0.5, 0.6) is 5.75 Å². The Kier molecular flexibility index (Phi) is 4.50. The van der Waals surface area contributed by atoms with Crippen molar-refractivity contribution in [1.82, 2.24) is 20.4 Å². The number of aryl methyl sites for hydroxylation is 2. The number of fused-ring (bicyclic) bond motifs is 1. The van der Waals surface area contributed by atoms with E-state index in [2.05, 4.69) is 21.5 Å². The number of rotatable bonds is 5. The minimum atomic E-state index is -1.11. The zero-order chi connectivity index (χ0) is 21.6. The van der Waals surface area contributed by atoms with E-state index in [4.69, 9.17) is 9.26 Å². The molecule has 31 heavy (non-hydrogen) atoms. The van der Waals surface area contributed by atoms with Gasteiger partial charge in [-0.15, -0.1) is 0 Å². The first-order valence-corrected chi connectivity index (χ1v) is 10.2. The van der Waals surface area contributed by atoms with Gasteiger partial charge < -0.3 is 14.6 Å². The normalized spacial score (nSPS) is 20.1. The van der Waals surface area contributed by atoms with E-state index in [9.17, 15) is 9.59 Å². The van der Waals surface area contributed by atoms with Crippen molar-refractivity contribution in [2.45, 2.75) is 38.3 Å². The number of imide groups is 1. The largest absolute Gasteiger partial charge is 0.497 e. The first-order valence-electron chi connectivity index (χ1n) is 10.2. The number of hydrogen-bond donors (Lipinski definition) is 1. The predicted molar refractivity (Wildman–Crippen MR) is 111 cm³/mol. The second kappa shape index (κ2) is 7.23. The fraction of sp³-hybridized carbons (Fsp3) is 0.304. The Morgan fingerprint density at radius 3 is 2.68 bits per heavy atom. The Hall–Kier alpha value is -3.68. The molecule has 1 aliphatic heterocycles. The molecule has 3 aromatic rings. The van der Waals surface area contributed by atoms with Gasteiger partial charge in [0.25, 0.3) is 11.8 Å². The number of amides is 3. The highest BCUT2D eigenvalue weighted by Gasteiger charge is 2.49. The van der Waals surface area contributed by atoms with E-state index >= 15 is 0 Å². The highest BCUT2D eigenvalue weighted by atomic mass is 16.5. The van der Waals surface area contributed by atoms with Crippen molar-refractivity contribution in [1.29, 1.82) is 0 Å². The number of carbonyl (C=O) groups excluding carboxylic acids is 2. The van der Waals surface area contributed by atoms with Crippen LogP contribution in [-0.4, -0.2) is 34.1 Å². The van der Waals surface area contributed by atoms with Crippen molar-refractivity contribution >= 4 is 11.9 Å². The molecule has 2 aromatic carbocycles. The molecular weight excluding hydrogens is 396 g/mol. The minimum Gasteiger partial charge on any atom is -0.497 e. The molecular formula is C23H22N4O4. The lowest BCUT2D eigenvalue weighted by atomic mass is 9.89. The van der Waals surface area contributed by atoms with Gasteiger partial charge in [-0.1, -0.05) is 23.4 Å². The number of benzene rings is 2. The molecule has 1 saturated heterocycles. The number of carbonyl (C=O) groups is 2. The van der Waals surface area contributed by atoms with Gasteiger partial charge in [-0.25, -0.2) is 4.79 Å². The standard InChI is InChI=1S/C23H22N4O4/c1-23(17-9-6-14-4-3-5-16(14)12-17)21(28)27(22(29)25-23)13-19-24-20(31-26-19)15-7-10-18(30-2)11-8-15/h6-12H,3-5,13H2,1-2H3,(H,25,29). The van der Waals surface area contributed by atoms with Crippen molar-refractivity contribution in [3.63, 3.8) is 0 Å². The van der Waals surface area contributed by atoms with Gasteiger partial charge in [-0.05, 0) is 67.1 Å². The SMILES string of the molecule is COc1ccc(-c2nc(CN3C(=O)NC(C)(c4ccc5c(c4)CCC5)C3=O)no2)cc1. The molecule has 8 heteroatoms. The van der Waals surface area contributed by atoms with E-state index in [-0.39, 0.29) is 18.3 Å². The first-order chi connectivity index (χ1) is 15.0. The van der Waals surface area contributed by atoms with Gasteiger partial charge in [0.05, 0.1) is 13.7 Å². The van der Waals surface area contributed by atoms with E-state index in [0.29, 0.717) is 11.6 Å². The number of nitrogens with one attached hydrogen (secondary N) is 1. The lowest BCUT2D eigenvalue weighted by molar-refractivity contribution is -0.131. The zero-order valence-electron chi connectivity index (χ0n) is 17.3. The quantitative estimate of drug-likeness (QED) is 0.639. The molecule has 1 aliphatic carbocycles. The summed E-state index contributed by atoms with van der Waals surface area (Å²) < 4.78 is 10.5. The van der Waals surface area contributed by atoms with Gasteiger partial charge >= 0.3 is 6.03 Å². The average Bonchev–Trinajstić information content (AvgIpc) is 3.49. The van der Waals surface area contributed by atoms with Crippen LogP contribution in [0.25, 0.3) is 11.5 Å². The first kappa shape index (κ1) is 19.3. The molecule has 8 nitrogen and oxygen atoms in total. The summed E-state index contributed by atoms with van der Waals surface area (Å²) in [5, 5.41) is 6.79. The fourth-order valence-corrected chi connectivity index (χ4v) is 4.23. The van der Waals surface area contributed by atoms with Gasteiger partial charge in [0.1, 0.15) is 11.3 Å². The van der Waals surface area contributed by atoms with E-state index in [1.165, 1.54) is 11.1 Å². The van der Waals surface area contributed by atoms with E-state index in [0.717, 1.165) is 35.3 Å². The lowest BCUT2D eigenvalue weighted by Gasteiger charge is -2.23. The molecule has 3 amide bonds. The third kappa shape index (κ3) is 3.24. The molecule has 2 heterocycles. The summed E-state index contributed by atoms with van der Waals surface area (Å²) in [4.78, 5) is 31.4. The van der Waals surface area contributed by atoms with E-state index in [1.54, 1.807) is 38.3 Å². The third-order valence-electron chi connectivity index (χ3n) is 6.06. The molecule has 0 radical (unpaired) electrons. The van der Waals surface area contributed by atoms with Crippen LogP contribution in [0, 0.1) is 0 Å². The van der Waals surface area contributed by atoms with Crippen LogP contribution >= 0.6 is 0 Å². The summed E-state index contributed by atoms with van der Waals surface area (Å²) in [5.41, 5.74) is 2.97. The highest BCUT2D eigenvalue weighted by molar-refractivity contribution is 6.07. The maximum Gasteiger partial charge on any atom is 0.325 e. The van der Waals surface area contributed by atoms with Crippen molar-refractivity contribution in [2.24, 2.45) is 0 Å². The molecule has 2 aliphatic rings. The monoisotopic (exact) mass is 418 g/mol. The summed E-state index contributed by atoms with van der Waals surface area (Å²) in [5.74, 6) is 0.957. The van der Waals surface area contributed by atoms with Gasteiger partial charge in [-0.2, -0.15) is 4.98 Å². The molecule has 5 rings (SSSR count). The Morgan fingerprint density at radius 1 is 1.13 bits per heavy atom. The van der Waals surface area contributed by atoms with Gasteiger partial charge in [0, 0.05) is 5.56 Å². The maximum absolute atomic E-state index is 13.2. The van der Waals surface area contributed by atoms with Crippen LogP contribution in [0.3, 0.4) is 0 Å². The van der Waals surface area contributed by atoms with Crippen molar-refractivity contribution in [2.75, 3.05) is 7.11 Å². The number of methoxy groups -OCH3 is 1. The molecule has 1 aromatic heterocycles. The number of ether oxygens (including phenoxy) is 1. The Balaban J connectivity index is 1.36. The Bertz CT molecular complexity index is 1170. The van der Waals surface area contributed by atoms with Crippen LogP contribution in [0.15, 0.2) is 47.0 Å². The second-order valence-corrected chi connectivity index (χ2v) is 8.03. The van der Waals surface area contributed by atoms with Crippen LogP contribution in [0.1, 0.15) is 35.9 Å². The molecule has 1 unspecified atom stereocenters. The second-order valence-electron chi connectivity index (χ2n) is 8.03. The fourth-order valence-electron chi connectivity index (χ4n) is 4.23. The van der Waals surface area contributed by atoms with Crippen LogP contribution < -0.4 is 10.1 Å². The predicted octanol–water partition coefficient (Wildman–Crippen LogP) is 3.20. The van der Waals surface area contributed by atoms with Gasteiger partial charge in [-0.3, -0.25) is 9.69 Å². The average molecular weight is 418 g/mol. The highest BCUT2D eigenvalue weighted by Crippen LogP contribution is 2.33. The van der Waals surface area contributed by atoms with Crippen molar-refractivity contribution in [3.05, 3.63) is 65.0 Å². The lowest BCUT2D eigenvalue weighted by Crippen LogP contribution is -2.41. The number of urea groups is 1. The molecule has 1 N–H and O–H groups in total. The molecule has 158 valence electrons. The molecule has 1 fully saturated rings. The molecule has 0 bridgehead atoms. The van der Waals surface area contributed by atoms with Gasteiger partial charge in [0.2, 0.25) is 0 Å². The zero-order valence-corrected chi connectivity index (χ0v) is 17.3. The van der Waals surface area contributed by atoms with E-state index in [1.807, 2.05) is 12.1 Å². The Labute approximate surface area is 179 Å². The smallest absolute Gasteiger partial charge is 0.325 e. The number of aromatic nitrogens is 2. The van der Waals surface area contributed by atoms with Gasteiger partial charge in [0.15, 0.2) is 5.82 Å². The summed E-state index contributed by atoms with van der Waals surface area (Å²) in [6.07, 6.45) is 3.19. The molecule has 1 atom stereocenters. The number of hydrogen-bond acceptors (Lipinski definition) is 6. The van der Waals surface area contributed by atoms with Crippen LogP contribution in [-0.2, 0) is 29.7 Å². The number of nitrogens with zero attached hydrogens (tertiary/aromatic N) is 3. The van der Waals surface area contributed by atoms with Crippen LogP contribution in [0.4, 0.5) is 4.79 Å². The minimum absolute atomic E-state index is 0.0646. The Morgan fingerprint density at radius 2 is 1.90 bits per heavy atom. The molecule has 0 saturated carbocycles. The summed E-state index contributed by atoms with van der Waals surface area (Å²) in [7, 11) is 1.59. The third-order valence-corrected chi connectivity index (χ3v) is 6.06. The van der Waals surface area contributed by atoms with Crippen LogP contribution in [0.2, 0.25) is 0 Å². The summed E-state index contributed by atoms with van der Waals surface area (Å²) in [6.45, 7) is 1.67. The van der Waals surface area contributed by atoms with Crippen molar-refractivity contribution < 1.29 is 18.8 Å². The van der Waals surface area contributed by atoms with E-state index < -0.39 is 11.6 Å².